The van der Waals surface area contributed by atoms with E-state index in [1.165, 1.54) is 29.9 Å². The lowest BCUT2D eigenvalue weighted by molar-refractivity contribution is 0.418. The first kappa shape index (κ1) is 16.3. The van der Waals surface area contributed by atoms with Crippen LogP contribution in [0.4, 0.5) is 5.82 Å². The molecule has 0 atom stereocenters. The highest BCUT2D eigenvalue weighted by Crippen LogP contribution is 2.32. The Balaban J connectivity index is 2.19. The number of aromatic nitrogens is 1. The third-order valence-corrected chi connectivity index (χ3v) is 4.24. The van der Waals surface area contributed by atoms with Crippen LogP contribution in [0.15, 0.2) is 12.1 Å². The van der Waals surface area contributed by atoms with Gasteiger partial charge in [-0.2, -0.15) is 0 Å². The molecule has 0 aliphatic carbocycles. The second-order valence-electron chi connectivity index (χ2n) is 7.43. The first-order chi connectivity index (χ1) is 9.91. The van der Waals surface area contributed by atoms with Crippen molar-refractivity contribution in [2.24, 2.45) is 5.41 Å². The molecule has 2 rings (SSSR count). The van der Waals surface area contributed by atoms with Crippen molar-refractivity contribution in [3.63, 3.8) is 0 Å². The fourth-order valence-corrected chi connectivity index (χ4v) is 2.87. The average molecular weight is 289 g/mol. The predicted molar refractivity (Wildman–Crippen MR) is 90.9 cm³/mol. The quantitative estimate of drug-likeness (QED) is 0.804. The maximum absolute atomic E-state index is 4.91. The van der Waals surface area contributed by atoms with Gasteiger partial charge in [0.2, 0.25) is 0 Å². The number of pyridine rings is 1. The van der Waals surface area contributed by atoms with Gasteiger partial charge in [-0.15, -0.1) is 0 Å². The number of hydrogen-bond acceptors (Lipinski definition) is 3. The van der Waals surface area contributed by atoms with Crippen LogP contribution >= 0.6 is 0 Å². The van der Waals surface area contributed by atoms with Gasteiger partial charge in [0.1, 0.15) is 5.82 Å². The van der Waals surface area contributed by atoms with Gasteiger partial charge in [-0.1, -0.05) is 34.6 Å². The number of rotatable bonds is 6. The molecule has 0 unspecified atom stereocenters. The fraction of sp³-hybridized carbons (Fsp3) is 0.722. The lowest BCUT2D eigenvalue weighted by Crippen LogP contribution is -2.24. The highest BCUT2D eigenvalue weighted by Gasteiger charge is 2.30. The molecule has 1 N–H and O–H groups in total. The van der Waals surface area contributed by atoms with Gasteiger partial charge in [0, 0.05) is 25.3 Å². The molecular formula is C18H31N3. The largest absolute Gasteiger partial charge is 0.356 e. The minimum Gasteiger partial charge on any atom is -0.356 e. The lowest BCUT2D eigenvalue weighted by Gasteiger charge is -2.22. The van der Waals surface area contributed by atoms with Crippen molar-refractivity contribution in [3.8, 4) is 0 Å². The molecule has 2 heterocycles. The van der Waals surface area contributed by atoms with Gasteiger partial charge < -0.3 is 10.2 Å². The minimum atomic E-state index is 0.413. The smallest absolute Gasteiger partial charge is 0.129 e. The van der Waals surface area contributed by atoms with Crippen molar-refractivity contribution in [1.82, 2.24) is 10.3 Å². The Labute approximate surface area is 130 Å². The summed E-state index contributed by atoms with van der Waals surface area (Å²) < 4.78 is 0. The van der Waals surface area contributed by atoms with E-state index in [0.717, 1.165) is 26.2 Å². The SMILES string of the molecule is CCCNCc1cc(C(C)C)nc(N2CCC(C)(C)C2)c1. The van der Waals surface area contributed by atoms with E-state index < -0.39 is 0 Å². The van der Waals surface area contributed by atoms with Crippen LogP contribution in [0.3, 0.4) is 0 Å². The van der Waals surface area contributed by atoms with Crippen LogP contribution in [0, 0.1) is 5.41 Å². The van der Waals surface area contributed by atoms with Crippen LogP contribution in [0.2, 0.25) is 0 Å². The Hall–Kier alpha value is -1.09. The summed E-state index contributed by atoms with van der Waals surface area (Å²) in [7, 11) is 0. The third kappa shape index (κ3) is 4.44. The van der Waals surface area contributed by atoms with Gasteiger partial charge in [0.15, 0.2) is 0 Å². The zero-order valence-electron chi connectivity index (χ0n) is 14.4. The van der Waals surface area contributed by atoms with E-state index in [9.17, 15) is 0 Å². The molecule has 118 valence electrons. The molecule has 1 fully saturated rings. The van der Waals surface area contributed by atoms with E-state index in [-0.39, 0.29) is 0 Å². The van der Waals surface area contributed by atoms with Crippen LogP contribution in [0.5, 0.6) is 0 Å². The first-order valence-electron chi connectivity index (χ1n) is 8.38. The predicted octanol–water partition coefficient (Wildman–Crippen LogP) is 3.94. The first-order valence-corrected chi connectivity index (χ1v) is 8.38. The molecule has 0 radical (unpaired) electrons. The minimum absolute atomic E-state index is 0.413. The summed E-state index contributed by atoms with van der Waals surface area (Å²) in [5, 5.41) is 3.51. The molecular weight excluding hydrogens is 258 g/mol. The average Bonchev–Trinajstić information content (AvgIpc) is 2.79. The number of nitrogens with one attached hydrogen (secondary N) is 1. The van der Waals surface area contributed by atoms with E-state index >= 15 is 0 Å². The summed E-state index contributed by atoms with van der Waals surface area (Å²) in [6, 6.07) is 4.54. The van der Waals surface area contributed by atoms with E-state index in [4.69, 9.17) is 4.98 Å². The second kappa shape index (κ2) is 6.78. The highest BCUT2D eigenvalue weighted by molar-refractivity contribution is 5.44. The van der Waals surface area contributed by atoms with E-state index in [1.807, 2.05) is 0 Å². The Kier molecular flexibility index (Phi) is 5.26. The van der Waals surface area contributed by atoms with Gasteiger partial charge in [-0.3, -0.25) is 0 Å². The van der Waals surface area contributed by atoms with Gasteiger partial charge in [0.25, 0.3) is 0 Å². The Morgan fingerprint density at radius 2 is 2.10 bits per heavy atom. The van der Waals surface area contributed by atoms with Crippen LogP contribution in [0.25, 0.3) is 0 Å². The number of anilines is 1. The molecule has 21 heavy (non-hydrogen) atoms. The number of nitrogens with zero attached hydrogens (tertiary/aromatic N) is 2. The summed E-state index contributed by atoms with van der Waals surface area (Å²) >= 11 is 0. The van der Waals surface area contributed by atoms with Crippen molar-refractivity contribution in [2.45, 2.75) is 59.9 Å². The van der Waals surface area contributed by atoms with E-state index in [2.05, 4.69) is 57.0 Å². The molecule has 1 saturated heterocycles. The van der Waals surface area contributed by atoms with E-state index in [0.29, 0.717) is 11.3 Å². The molecule has 1 aromatic rings. The Morgan fingerprint density at radius 1 is 1.33 bits per heavy atom. The number of hydrogen-bond donors (Lipinski definition) is 1. The summed E-state index contributed by atoms with van der Waals surface area (Å²) in [5.74, 6) is 1.64. The maximum atomic E-state index is 4.91. The molecule has 0 aromatic carbocycles. The normalized spacial score (nSPS) is 17.7. The van der Waals surface area contributed by atoms with Crippen LogP contribution in [-0.4, -0.2) is 24.6 Å². The molecule has 3 nitrogen and oxygen atoms in total. The van der Waals surface area contributed by atoms with Crippen LogP contribution in [-0.2, 0) is 6.54 Å². The van der Waals surface area contributed by atoms with Crippen molar-refractivity contribution in [3.05, 3.63) is 23.4 Å². The van der Waals surface area contributed by atoms with Gasteiger partial charge >= 0.3 is 0 Å². The van der Waals surface area contributed by atoms with E-state index in [1.54, 1.807) is 0 Å². The maximum Gasteiger partial charge on any atom is 0.129 e. The molecule has 0 amide bonds. The molecule has 1 aliphatic rings. The highest BCUT2D eigenvalue weighted by atomic mass is 15.2. The van der Waals surface area contributed by atoms with Gasteiger partial charge in [-0.05, 0) is 48.4 Å². The van der Waals surface area contributed by atoms with Crippen LogP contribution < -0.4 is 10.2 Å². The van der Waals surface area contributed by atoms with Crippen molar-refractivity contribution in [1.29, 1.82) is 0 Å². The third-order valence-electron chi connectivity index (χ3n) is 4.24. The summed E-state index contributed by atoms with van der Waals surface area (Å²) in [6.07, 6.45) is 2.43. The Bertz CT molecular complexity index is 466. The molecule has 1 aromatic heterocycles. The second-order valence-corrected chi connectivity index (χ2v) is 7.43. The summed E-state index contributed by atoms with van der Waals surface area (Å²) in [5.41, 5.74) is 2.99. The van der Waals surface area contributed by atoms with Crippen LogP contribution in [0.1, 0.15) is 64.6 Å². The zero-order chi connectivity index (χ0) is 15.5. The Morgan fingerprint density at radius 3 is 2.67 bits per heavy atom. The fourth-order valence-electron chi connectivity index (χ4n) is 2.87. The zero-order valence-corrected chi connectivity index (χ0v) is 14.4. The molecule has 0 bridgehead atoms. The molecule has 3 heteroatoms. The topological polar surface area (TPSA) is 28.2 Å². The van der Waals surface area contributed by atoms with Crippen molar-refractivity contribution >= 4 is 5.82 Å². The van der Waals surface area contributed by atoms with Gasteiger partial charge in [0.05, 0.1) is 0 Å². The molecule has 1 aliphatic heterocycles. The van der Waals surface area contributed by atoms with Crippen molar-refractivity contribution in [2.75, 3.05) is 24.5 Å². The standard InChI is InChI=1S/C18H31N3/c1-6-8-19-12-15-10-16(14(2)3)20-17(11-15)21-9-7-18(4,5)13-21/h10-11,14,19H,6-9,12-13H2,1-5H3. The van der Waals surface area contributed by atoms with Crippen molar-refractivity contribution < 1.29 is 0 Å². The summed E-state index contributed by atoms with van der Waals surface area (Å²) in [4.78, 5) is 7.36. The summed E-state index contributed by atoms with van der Waals surface area (Å²) in [6.45, 7) is 15.6. The van der Waals surface area contributed by atoms with Gasteiger partial charge in [-0.25, -0.2) is 4.98 Å². The monoisotopic (exact) mass is 289 g/mol. The lowest BCUT2D eigenvalue weighted by atomic mass is 9.93. The molecule has 0 spiro atoms. The molecule has 0 saturated carbocycles.